The second-order valence-corrected chi connectivity index (χ2v) is 5.96. The Kier molecular flexibility index (Phi) is 4.67. The first-order valence-electron chi connectivity index (χ1n) is 8.39. The summed E-state index contributed by atoms with van der Waals surface area (Å²) in [5, 5.41) is 3.88. The summed E-state index contributed by atoms with van der Waals surface area (Å²) in [7, 11) is 0. The second kappa shape index (κ2) is 7.43. The Morgan fingerprint density at radius 3 is 2.89 bits per heavy atom. The van der Waals surface area contributed by atoms with Gasteiger partial charge < -0.3 is 23.3 Å². The molecule has 3 aromatic rings. The van der Waals surface area contributed by atoms with E-state index in [0.717, 1.165) is 5.56 Å². The van der Waals surface area contributed by atoms with Crippen LogP contribution in [0.25, 0.3) is 11.3 Å². The summed E-state index contributed by atoms with van der Waals surface area (Å²) in [4.78, 5) is 36.6. The summed E-state index contributed by atoms with van der Waals surface area (Å²) in [6.07, 6.45) is 1.29. The number of H-pyrrole nitrogens is 1. The molecule has 1 N–H and O–H groups in total. The number of fused-ring (bicyclic) bond motifs is 1. The van der Waals surface area contributed by atoms with E-state index in [4.69, 9.17) is 18.7 Å². The molecule has 1 aliphatic rings. The number of carbonyl (C=O) groups is 1. The van der Waals surface area contributed by atoms with Crippen molar-refractivity contribution in [2.24, 2.45) is 0 Å². The maximum Gasteiger partial charge on any atom is 0.328 e. The summed E-state index contributed by atoms with van der Waals surface area (Å²) in [5.41, 5.74) is 0.132. The number of aryl methyl sites for hydroxylation is 1. The van der Waals surface area contributed by atoms with Gasteiger partial charge in [0, 0.05) is 30.4 Å². The van der Waals surface area contributed by atoms with Crippen molar-refractivity contribution in [2.45, 2.75) is 19.6 Å². The number of carbonyl (C=O) groups excluding carboxylic acids is 1. The number of hydrogen-bond acceptors (Lipinski definition) is 8. The van der Waals surface area contributed by atoms with E-state index in [-0.39, 0.29) is 26.4 Å². The Morgan fingerprint density at radius 1 is 1.18 bits per heavy atom. The number of nitrogens with zero attached hydrogens (tertiary/aromatic N) is 2. The van der Waals surface area contributed by atoms with Crippen LogP contribution in [-0.2, 0) is 22.7 Å². The number of hydrogen-bond donors (Lipinski definition) is 1. The predicted octanol–water partition coefficient (Wildman–Crippen LogP) is 1.05. The number of ether oxygens (including phenoxy) is 3. The van der Waals surface area contributed by atoms with Crippen molar-refractivity contribution in [1.29, 1.82) is 0 Å². The SMILES string of the molecule is O=C(CCn1ccc(=O)[nH]c1=O)OCc1cc(-c2ccc3c(c2)OCO3)on1. The van der Waals surface area contributed by atoms with Gasteiger partial charge in [0.15, 0.2) is 17.3 Å². The second-order valence-electron chi connectivity index (χ2n) is 5.96. The molecule has 0 spiro atoms. The lowest BCUT2D eigenvalue weighted by molar-refractivity contribution is -0.145. The van der Waals surface area contributed by atoms with Crippen LogP contribution >= 0.6 is 0 Å². The molecular weight excluding hydrogens is 370 g/mol. The van der Waals surface area contributed by atoms with Gasteiger partial charge in [0.2, 0.25) is 6.79 Å². The van der Waals surface area contributed by atoms with Gasteiger partial charge in [0.05, 0.1) is 6.42 Å². The number of aromatic nitrogens is 3. The number of benzene rings is 1. The van der Waals surface area contributed by atoms with Gasteiger partial charge in [-0.3, -0.25) is 14.6 Å². The average molecular weight is 385 g/mol. The third-order valence-corrected chi connectivity index (χ3v) is 4.05. The zero-order chi connectivity index (χ0) is 19.5. The highest BCUT2D eigenvalue weighted by Gasteiger charge is 2.16. The topological polar surface area (TPSA) is 126 Å². The number of nitrogens with one attached hydrogen (secondary N) is 1. The zero-order valence-corrected chi connectivity index (χ0v) is 14.5. The maximum absolute atomic E-state index is 11.9. The van der Waals surface area contributed by atoms with Crippen LogP contribution in [0, 0.1) is 0 Å². The summed E-state index contributed by atoms with van der Waals surface area (Å²) < 4.78 is 22.2. The van der Waals surface area contributed by atoms with Crippen molar-refractivity contribution >= 4 is 5.97 Å². The first-order valence-corrected chi connectivity index (χ1v) is 8.39. The lowest BCUT2D eigenvalue weighted by atomic mass is 10.1. The van der Waals surface area contributed by atoms with Gasteiger partial charge in [0.1, 0.15) is 12.3 Å². The highest BCUT2D eigenvalue weighted by molar-refractivity contribution is 5.69. The molecule has 0 unspecified atom stereocenters. The molecule has 3 heterocycles. The van der Waals surface area contributed by atoms with Crippen LogP contribution in [0.5, 0.6) is 11.5 Å². The number of rotatable bonds is 6. The maximum atomic E-state index is 11.9. The monoisotopic (exact) mass is 385 g/mol. The molecule has 1 aromatic carbocycles. The van der Waals surface area contributed by atoms with Crippen molar-refractivity contribution in [3.05, 3.63) is 63.1 Å². The molecule has 0 radical (unpaired) electrons. The molecule has 10 nitrogen and oxygen atoms in total. The highest BCUT2D eigenvalue weighted by atomic mass is 16.7. The molecule has 0 saturated heterocycles. The third kappa shape index (κ3) is 3.80. The van der Waals surface area contributed by atoms with Gasteiger partial charge in [-0.2, -0.15) is 0 Å². The van der Waals surface area contributed by atoms with Crippen LogP contribution in [-0.4, -0.2) is 27.5 Å². The minimum Gasteiger partial charge on any atom is -0.459 e. The quantitative estimate of drug-likeness (QED) is 0.624. The van der Waals surface area contributed by atoms with Gasteiger partial charge in [-0.15, -0.1) is 0 Å². The Labute approximate surface area is 157 Å². The molecule has 4 rings (SSSR count). The summed E-state index contributed by atoms with van der Waals surface area (Å²) in [6, 6.07) is 8.24. The van der Waals surface area contributed by atoms with Crippen LogP contribution in [0.1, 0.15) is 12.1 Å². The number of aromatic amines is 1. The zero-order valence-electron chi connectivity index (χ0n) is 14.5. The predicted molar refractivity (Wildman–Crippen MR) is 93.8 cm³/mol. The molecule has 0 aliphatic carbocycles. The largest absolute Gasteiger partial charge is 0.459 e. The van der Waals surface area contributed by atoms with Crippen molar-refractivity contribution in [3.63, 3.8) is 0 Å². The fourth-order valence-electron chi connectivity index (χ4n) is 2.62. The van der Waals surface area contributed by atoms with E-state index in [1.807, 2.05) is 6.07 Å². The van der Waals surface area contributed by atoms with Gasteiger partial charge in [-0.1, -0.05) is 5.16 Å². The van der Waals surface area contributed by atoms with E-state index < -0.39 is 17.2 Å². The van der Waals surface area contributed by atoms with Crippen molar-refractivity contribution < 1.29 is 23.5 Å². The Morgan fingerprint density at radius 2 is 2.04 bits per heavy atom. The normalized spacial score (nSPS) is 12.1. The first kappa shape index (κ1) is 17.6. The molecule has 10 heteroatoms. The lowest BCUT2D eigenvalue weighted by Crippen LogP contribution is -2.29. The number of esters is 1. The average Bonchev–Trinajstić information content (AvgIpc) is 3.34. The van der Waals surface area contributed by atoms with Crippen molar-refractivity contribution in [1.82, 2.24) is 14.7 Å². The Balaban J connectivity index is 1.32. The van der Waals surface area contributed by atoms with Crippen LogP contribution in [0.3, 0.4) is 0 Å². The molecule has 0 amide bonds. The fraction of sp³-hybridized carbons (Fsp3) is 0.222. The van der Waals surface area contributed by atoms with E-state index in [9.17, 15) is 14.4 Å². The van der Waals surface area contributed by atoms with Gasteiger partial charge in [-0.25, -0.2) is 4.79 Å². The molecule has 28 heavy (non-hydrogen) atoms. The van der Waals surface area contributed by atoms with Gasteiger partial charge in [-0.05, 0) is 18.2 Å². The molecule has 0 bridgehead atoms. The van der Waals surface area contributed by atoms with Crippen LogP contribution in [0.15, 0.2) is 50.6 Å². The first-order chi connectivity index (χ1) is 13.6. The molecular formula is C18H15N3O7. The molecule has 0 fully saturated rings. The summed E-state index contributed by atoms with van der Waals surface area (Å²) in [5.74, 6) is 1.29. The van der Waals surface area contributed by atoms with Gasteiger partial charge >= 0.3 is 11.7 Å². The Hall–Kier alpha value is -3.82. The van der Waals surface area contributed by atoms with E-state index in [1.165, 1.54) is 16.8 Å². The van der Waals surface area contributed by atoms with Crippen LogP contribution < -0.4 is 20.7 Å². The van der Waals surface area contributed by atoms with Gasteiger partial charge in [0.25, 0.3) is 5.56 Å². The van der Waals surface area contributed by atoms with E-state index in [0.29, 0.717) is 23.0 Å². The summed E-state index contributed by atoms with van der Waals surface area (Å²) >= 11 is 0. The van der Waals surface area contributed by atoms with E-state index in [1.54, 1.807) is 18.2 Å². The standard InChI is InChI=1S/C18H15N3O7/c22-16-3-5-21(18(24)19-16)6-4-17(23)25-9-12-8-14(28-20-12)11-1-2-13-15(7-11)27-10-26-13/h1-3,5,7-8H,4,6,9-10H2,(H,19,22,24). The minimum absolute atomic E-state index is 0.0289. The molecule has 1 aliphatic heterocycles. The van der Waals surface area contributed by atoms with E-state index in [2.05, 4.69) is 10.1 Å². The van der Waals surface area contributed by atoms with Crippen molar-refractivity contribution in [3.8, 4) is 22.8 Å². The minimum atomic E-state index is -0.579. The lowest BCUT2D eigenvalue weighted by Gasteiger charge is -2.04. The molecule has 2 aromatic heterocycles. The smallest absolute Gasteiger partial charge is 0.328 e. The fourth-order valence-corrected chi connectivity index (χ4v) is 2.62. The van der Waals surface area contributed by atoms with E-state index >= 15 is 0 Å². The van der Waals surface area contributed by atoms with Crippen LogP contribution in [0.4, 0.5) is 0 Å². The molecule has 0 atom stereocenters. The van der Waals surface area contributed by atoms with Crippen molar-refractivity contribution in [2.75, 3.05) is 6.79 Å². The van der Waals surface area contributed by atoms with Crippen LogP contribution in [0.2, 0.25) is 0 Å². The highest BCUT2D eigenvalue weighted by Crippen LogP contribution is 2.36. The Bertz CT molecular complexity index is 1130. The molecule has 144 valence electrons. The third-order valence-electron chi connectivity index (χ3n) is 4.05. The molecule has 0 saturated carbocycles. The summed E-state index contributed by atoms with van der Waals surface area (Å²) in [6.45, 7) is 0.213.